The minimum absolute atomic E-state index is 0.792. The Morgan fingerprint density at radius 1 is 1.41 bits per heavy atom. The van der Waals surface area contributed by atoms with E-state index in [-0.39, 0.29) is 0 Å². The Morgan fingerprint density at radius 3 is 2.65 bits per heavy atom. The predicted molar refractivity (Wildman–Crippen MR) is 72.4 cm³/mol. The normalized spacial score (nSPS) is 11.4. The van der Waals surface area contributed by atoms with Crippen molar-refractivity contribution in [1.29, 1.82) is 0 Å². The summed E-state index contributed by atoms with van der Waals surface area (Å²) in [4.78, 5) is 2.25. The molecule has 0 spiro atoms. The van der Waals surface area contributed by atoms with Crippen LogP contribution in [0.3, 0.4) is 0 Å². The van der Waals surface area contributed by atoms with Crippen molar-refractivity contribution in [1.82, 2.24) is 20.0 Å². The molecule has 1 aromatic heterocycles. The molecule has 0 atom stereocenters. The summed E-state index contributed by atoms with van der Waals surface area (Å²) in [6, 6.07) is 0. The van der Waals surface area contributed by atoms with Gasteiger partial charge in [0.1, 0.15) is 0 Å². The highest BCUT2D eigenvalue weighted by atomic mass is 35.5. The lowest BCUT2D eigenvalue weighted by Crippen LogP contribution is -2.30. The maximum atomic E-state index is 6.22. The molecule has 5 heteroatoms. The summed E-state index contributed by atoms with van der Waals surface area (Å²) in [5.41, 5.74) is 1.99. The zero-order chi connectivity index (χ0) is 12.8. The van der Waals surface area contributed by atoms with E-state index in [9.17, 15) is 0 Å². The molecule has 0 aliphatic rings. The van der Waals surface area contributed by atoms with Crippen molar-refractivity contribution in [2.75, 3.05) is 26.7 Å². The Morgan fingerprint density at radius 2 is 2.12 bits per heavy atom. The van der Waals surface area contributed by atoms with Crippen LogP contribution < -0.4 is 5.32 Å². The zero-order valence-corrected chi connectivity index (χ0v) is 12.0. The molecule has 17 heavy (non-hydrogen) atoms. The van der Waals surface area contributed by atoms with Gasteiger partial charge in [0, 0.05) is 26.7 Å². The van der Waals surface area contributed by atoms with E-state index in [1.54, 1.807) is 0 Å². The van der Waals surface area contributed by atoms with Crippen LogP contribution in [-0.4, -0.2) is 41.4 Å². The molecule has 0 fully saturated rings. The minimum atomic E-state index is 0.792. The molecule has 1 heterocycles. The van der Waals surface area contributed by atoms with Crippen LogP contribution in [0.25, 0.3) is 0 Å². The fourth-order valence-corrected chi connectivity index (χ4v) is 1.98. The van der Waals surface area contributed by atoms with Crippen LogP contribution >= 0.6 is 11.6 Å². The highest BCUT2D eigenvalue weighted by Gasteiger charge is 2.12. The van der Waals surface area contributed by atoms with Crippen molar-refractivity contribution in [2.24, 2.45) is 7.05 Å². The third kappa shape index (κ3) is 4.30. The van der Waals surface area contributed by atoms with E-state index in [1.807, 2.05) is 18.7 Å². The summed E-state index contributed by atoms with van der Waals surface area (Å²) in [5, 5.41) is 8.50. The van der Waals surface area contributed by atoms with Crippen LogP contribution in [0.1, 0.15) is 24.7 Å². The zero-order valence-electron chi connectivity index (χ0n) is 11.3. The van der Waals surface area contributed by atoms with Crippen molar-refractivity contribution < 1.29 is 0 Å². The van der Waals surface area contributed by atoms with Crippen LogP contribution in [-0.2, 0) is 13.6 Å². The number of hydrogen-bond acceptors (Lipinski definition) is 3. The van der Waals surface area contributed by atoms with Crippen molar-refractivity contribution in [3.05, 3.63) is 16.4 Å². The number of hydrogen-bond donors (Lipinski definition) is 1. The average molecular weight is 259 g/mol. The van der Waals surface area contributed by atoms with Crippen molar-refractivity contribution in [3.63, 3.8) is 0 Å². The van der Waals surface area contributed by atoms with Gasteiger partial charge in [0.25, 0.3) is 0 Å². The maximum absolute atomic E-state index is 6.22. The summed E-state index contributed by atoms with van der Waals surface area (Å²) in [5.74, 6) is 0. The van der Waals surface area contributed by atoms with Crippen molar-refractivity contribution in [3.8, 4) is 0 Å². The summed E-state index contributed by atoms with van der Waals surface area (Å²) in [6.45, 7) is 8.06. The Labute approximate surface area is 109 Å². The molecule has 0 aliphatic heterocycles. The smallest absolute Gasteiger partial charge is 0.0860 e. The van der Waals surface area contributed by atoms with Gasteiger partial charge in [-0.1, -0.05) is 18.5 Å². The number of aryl methyl sites for hydroxylation is 2. The molecule has 0 unspecified atom stereocenters. The highest BCUT2D eigenvalue weighted by Crippen LogP contribution is 2.20. The first-order valence-electron chi connectivity index (χ1n) is 6.13. The monoisotopic (exact) mass is 258 g/mol. The number of rotatable bonds is 7. The SMILES string of the molecule is CCCNCCN(C)Cc1c(Cl)c(C)nn1C. The molecule has 0 saturated carbocycles. The lowest BCUT2D eigenvalue weighted by atomic mass is 10.3. The summed E-state index contributed by atoms with van der Waals surface area (Å²) in [6.07, 6.45) is 1.18. The van der Waals surface area contributed by atoms with Gasteiger partial charge < -0.3 is 5.32 Å². The van der Waals surface area contributed by atoms with E-state index >= 15 is 0 Å². The standard InChI is InChI=1S/C12H23ClN4/c1-5-6-14-7-8-16(3)9-11-12(13)10(2)15-17(11)4/h14H,5-9H2,1-4H3. The summed E-state index contributed by atoms with van der Waals surface area (Å²) < 4.78 is 1.87. The van der Waals surface area contributed by atoms with Crippen LogP contribution in [0.5, 0.6) is 0 Å². The molecule has 4 nitrogen and oxygen atoms in total. The van der Waals surface area contributed by atoms with Gasteiger partial charge in [0.05, 0.1) is 16.4 Å². The molecule has 98 valence electrons. The van der Waals surface area contributed by atoms with Crippen molar-refractivity contribution >= 4 is 11.6 Å². The van der Waals surface area contributed by atoms with Crippen LogP contribution in [0.4, 0.5) is 0 Å². The quantitative estimate of drug-likeness (QED) is 0.758. The molecule has 1 N–H and O–H groups in total. The number of aromatic nitrogens is 2. The second-order valence-electron chi connectivity index (χ2n) is 4.46. The Kier molecular flexibility index (Phi) is 5.95. The lowest BCUT2D eigenvalue weighted by Gasteiger charge is -2.17. The summed E-state index contributed by atoms with van der Waals surface area (Å²) in [7, 11) is 4.05. The fourth-order valence-electron chi connectivity index (χ4n) is 1.76. The molecule has 1 rings (SSSR count). The van der Waals surface area contributed by atoms with E-state index in [0.717, 1.165) is 42.6 Å². The molecule has 1 aromatic rings. The van der Waals surface area contributed by atoms with Gasteiger partial charge in [-0.05, 0) is 26.9 Å². The largest absolute Gasteiger partial charge is 0.315 e. The van der Waals surface area contributed by atoms with E-state index in [4.69, 9.17) is 11.6 Å². The second-order valence-corrected chi connectivity index (χ2v) is 4.84. The second kappa shape index (κ2) is 6.99. The number of likely N-dealkylation sites (N-methyl/N-ethyl adjacent to an activating group) is 1. The lowest BCUT2D eigenvalue weighted by molar-refractivity contribution is 0.315. The maximum Gasteiger partial charge on any atom is 0.0860 e. The van der Waals surface area contributed by atoms with E-state index < -0.39 is 0 Å². The highest BCUT2D eigenvalue weighted by molar-refractivity contribution is 6.31. The molecule has 0 aromatic carbocycles. The molecule has 0 saturated heterocycles. The van der Waals surface area contributed by atoms with Gasteiger partial charge in [0.2, 0.25) is 0 Å². The van der Waals surface area contributed by atoms with Gasteiger partial charge in [0.15, 0.2) is 0 Å². The molecule has 0 bridgehead atoms. The van der Waals surface area contributed by atoms with E-state index in [2.05, 4.69) is 29.3 Å². The van der Waals surface area contributed by atoms with E-state index in [1.165, 1.54) is 6.42 Å². The van der Waals surface area contributed by atoms with Crippen molar-refractivity contribution in [2.45, 2.75) is 26.8 Å². The molecular formula is C12H23ClN4. The first-order valence-corrected chi connectivity index (χ1v) is 6.51. The minimum Gasteiger partial charge on any atom is -0.315 e. The predicted octanol–water partition coefficient (Wildman–Crippen LogP) is 1.81. The Hall–Kier alpha value is -0.580. The number of halogens is 1. The molecule has 0 aliphatic carbocycles. The number of nitrogens with zero attached hydrogens (tertiary/aromatic N) is 3. The van der Waals surface area contributed by atoms with Gasteiger partial charge in [-0.15, -0.1) is 0 Å². The van der Waals surface area contributed by atoms with Gasteiger partial charge in [-0.3, -0.25) is 9.58 Å². The van der Waals surface area contributed by atoms with Crippen LogP contribution in [0, 0.1) is 6.92 Å². The first kappa shape index (κ1) is 14.5. The molecule has 0 amide bonds. The molecule has 0 radical (unpaired) electrons. The molecular weight excluding hydrogens is 236 g/mol. The fraction of sp³-hybridized carbons (Fsp3) is 0.750. The third-order valence-corrected chi connectivity index (χ3v) is 3.27. The third-order valence-electron chi connectivity index (χ3n) is 2.78. The summed E-state index contributed by atoms with van der Waals surface area (Å²) >= 11 is 6.22. The van der Waals surface area contributed by atoms with Gasteiger partial charge >= 0.3 is 0 Å². The number of nitrogens with one attached hydrogen (secondary N) is 1. The van der Waals surface area contributed by atoms with E-state index in [0.29, 0.717) is 0 Å². The Bertz CT molecular complexity index is 349. The van der Waals surface area contributed by atoms with Gasteiger partial charge in [-0.2, -0.15) is 5.10 Å². The Balaban J connectivity index is 2.42. The van der Waals surface area contributed by atoms with Crippen LogP contribution in [0.15, 0.2) is 0 Å². The topological polar surface area (TPSA) is 33.1 Å². The van der Waals surface area contributed by atoms with Gasteiger partial charge in [-0.25, -0.2) is 0 Å². The van der Waals surface area contributed by atoms with Crippen LogP contribution in [0.2, 0.25) is 5.02 Å². The average Bonchev–Trinajstić information content (AvgIpc) is 2.52. The first-order chi connectivity index (χ1) is 8.06.